The van der Waals surface area contributed by atoms with Crippen LogP contribution in [-0.2, 0) is 0 Å². The van der Waals surface area contributed by atoms with E-state index in [0.717, 1.165) is 31.6 Å². The fraction of sp³-hybridized carbons (Fsp3) is 0.481. The molecular formula is C27H35ClN2O3. The Morgan fingerprint density at radius 2 is 1.79 bits per heavy atom. The molecule has 0 radical (unpaired) electrons. The van der Waals surface area contributed by atoms with Crippen LogP contribution in [0.5, 0.6) is 5.75 Å². The predicted octanol–water partition coefficient (Wildman–Crippen LogP) is 6.81. The number of unbranched alkanes of at least 4 members (excludes halogenated alkanes) is 2. The number of hydrogen-bond donors (Lipinski definition) is 1. The molecule has 1 N–H and O–H groups in total. The second-order valence-corrected chi connectivity index (χ2v) is 9.33. The highest BCUT2D eigenvalue weighted by Gasteiger charge is 2.21. The van der Waals surface area contributed by atoms with Crippen LogP contribution in [0.2, 0.25) is 5.02 Å². The molecule has 0 unspecified atom stereocenters. The average molecular weight is 471 g/mol. The third kappa shape index (κ3) is 7.50. The van der Waals surface area contributed by atoms with E-state index >= 15 is 0 Å². The second-order valence-electron chi connectivity index (χ2n) is 8.92. The van der Waals surface area contributed by atoms with Gasteiger partial charge in [0.25, 0.3) is 11.8 Å². The molecule has 0 aliphatic heterocycles. The summed E-state index contributed by atoms with van der Waals surface area (Å²) in [5.41, 5.74) is 1.54. The standard InChI is InChI=1S/C27H35ClN2O3/c1-3-4-8-17-33-23-14-11-21(12-15-23)26(31)29-22-13-16-24(25(28)18-22)27(32)30(2)19-20-9-6-5-7-10-20/h11-16,18,20H,3-10,17,19H2,1-2H3,(H,29,31). The number of carbonyl (C=O) groups is 2. The third-order valence-electron chi connectivity index (χ3n) is 6.19. The summed E-state index contributed by atoms with van der Waals surface area (Å²) in [4.78, 5) is 27.3. The van der Waals surface area contributed by atoms with E-state index in [-0.39, 0.29) is 11.8 Å². The quantitative estimate of drug-likeness (QED) is 0.388. The molecule has 3 rings (SSSR count). The molecule has 5 nitrogen and oxygen atoms in total. The van der Waals surface area contributed by atoms with Crippen LogP contribution in [0, 0.1) is 5.92 Å². The first-order chi connectivity index (χ1) is 16.0. The van der Waals surface area contributed by atoms with Gasteiger partial charge in [-0.05, 0) is 67.6 Å². The number of anilines is 1. The molecule has 0 atom stereocenters. The first-order valence-corrected chi connectivity index (χ1v) is 12.4. The van der Waals surface area contributed by atoms with Crippen molar-refractivity contribution in [1.82, 2.24) is 4.90 Å². The highest BCUT2D eigenvalue weighted by molar-refractivity contribution is 6.34. The van der Waals surface area contributed by atoms with Gasteiger partial charge in [-0.2, -0.15) is 0 Å². The van der Waals surface area contributed by atoms with Crippen LogP contribution in [0.3, 0.4) is 0 Å². The molecule has 33 heavy (non-hydrogen) atoms. The van der Waals surface area contributed by atoms with Crippen LogP contribution < -0.4 is 10.1 Å². The monoisotopic (exact) mass is 470 g/mol. The van der Waals surface area contributed by atoms with Crippen molar-refractivity contribution in [3.05, 3.63) is 58.6 Å². The van der Waals surface area contributed by atoms with Crippen molar-refractivity contribution in [3.63, 3.8) is 0 Å². The van der Waals surface area contributed by atoms with Crippen LogP contribution in [0.4, 0.5) is 5.69 Å². The number of ether oxygens (including phenoxy) is 1. The molecular weight excluding hydrogens is 436 g/mol. The average Bonchev–Trinajstić information content (AvgIpc) is 2.82. The number of amides is 2. The minimum absolute atomic E-state index is 0.0852. The van der Waals surface area contributed by atoms with E-state index in [1.807, 2.05) is 7.05 Å². The zero-order valence-electron chi connectivity index (χ0n) is 19.7. The van der Waals surface area contributed by atoms with Gasteiger partial charge < -0.3 is 15.0 Å². The molecule has 1 saturated carbocycles. The Hall–Kier alpha value is -2.53. The first kappa shape index (κ1) is 25.1. The molecule has 2 aromatic carbocycles. The lowest BCUT2D eigenvalue weighted by molar-refractivity contribution is 0.0760. The fourth-order valence-corrected chi connectivity index (χ4v) is 4.52. The van der Waals surface area contributed by atoms with Crippen LogP contribution >= 0.6 is 11.6 Å². The summed E-state index contributed by atoms with van der Waals surface area (Å²) in [5, 5.41) is 3.19. The van der Waals surface area contributed by atoms with E-state index in [0.29, 0.717) is 34.4 Å². The molecule has 6 heteroatoms. The number of hydrogen-bond acceptors (Lipinski definition) is 3. The second kappa shape index (κ2) is 12.6. The molecule has 1 fully saturated rings. The zero-order chi connectivity index (χ0) is 23.6. The number of benzene rings is 2. The van der Waals surface area contributed by atoms with Gasteiger partial charge in [-0.25, -0.2) is 0 Å². The van der Waals surface area contributed by atoms with Crippen LogP contribution in [0.1, 0.15) is 79.0 Å². The Bertz CT molecular complexity index is 923. The topological polar surface area (TPSA) is 58.6 Å². The SMILES string of the molecule is CCCCCOc1ccc(C(=O)Nc2ccc(C(=O)N(C)CC3CCCCC3)c(Cl)c2)cc1. The lowest BCUT2D eigenvalue weighted by atomic mass is 9.89. The van der Waals surface area contributed by atoms with Gasteiger partial charge in [0.2, 0.25) is 0 Å². The summed E-state index contributed by atoms with van der Waals surface area (Å²) in [5.74, 6) is 0.999. The zero-order valence-corrected chi connectivity index (χ0v) is 20.5. The number of halogens is 1. The Labute approximate surface area is 202 Å². The summed E-state index contributed by atoms with van der Waals surface area (Å²) in [6, 6.07) is 12.1. The van der Waals surface area contributed by atoms with Gasteiger partial charge in [-0.15, -0.1) is 0 Å². The summed E-state index contributed by atoms with van der Waals surface area (Å²) < 4.78 is 5.69. The van der Waals surface area contributed by atoms with Crippen molar-refractivity contribution < 1.29 is 14.3 Å². The van der Waals surface area contributed by atoms with Gasteiger partial charge in [0.15, 0.2) is 0 Å². The minimum Gasteiger partial charge on any atom is -0.494 e. The summed E-state index contributed by atoms with van der Waals surface area (Å²) in [6.45, 7) is 3.59. The number of carbonyl (C=O) groups excluding carboxylic acids is 2. The van der Waals surface area contributed by atoms with E-state index in [2.05, 4.69) is 12.2 Å². The summed E-state index contributed by atoms with van der Waals surface area (Å²) >= 11 is 6.42. The number of nitrogens with one attached hydrogen (secondary N) is 1. The van der Waals surface area contributed by atoms with E-state index in [9.17, 15) is 9.59 Å². The van der Waals surface area contributed by atoms with Gasteiger partial charge in [-0.3, -0.25) is 9.59 Å². The normalized spacial score (nSPS) is 14.0. The van der Waals surface area contributed by atoms with Crippen molar-refractivity contribution in [2.24, 2.45) is 5.92 Å². The van der Waals surface area contributed by atoms with Crippen LogP contribution in [0.15, 0.2) is 42.5 Å². The summed E-state index contributed by atoms with van der Waals surface area (Å²) in [7, 11) is 1.83. The maximum absolute atomic E-state index is 12.9. The van der Waals surface area contributed by atoms with E-state index < -0.39 is 0 Å². The minimum atomic E-state index is -0.239. The molecule has 178 valence electrons. The van der Waals surface area contributed by atoms with E-state index in [1.165, 1.54) is 32.1 Å². The molecule has 0 spiro atoms. The molecule has 0 aromatic heterocycles. The van der Waals surface area contributed by atoms with Gasteiger partial charge in [-0.1, -0.05) is 50.6 Å². The lowest BCUT2D eigenvalue weighted by Gasteiger charge is -2.27. The van der Waals surface area contributed by atoms with E-state index in [4.69, 9.17) is 16.3 Å². The Morgan fingerprint density at radius 1 is 1.06 bits per heavy atom. The van der Waals surface area contributed by atoms with Crippen molar-refractivity contribution in [3.8, 4) is 5.75 Å². The van der Waals surface area contributed by atoms with Gasteiger partial charge in [0.1, 0.15) is 5.75 Å². The van der Waals surface area contributed by atoms with Crippen LogP contribution in [0.25, 0.3) is 0 Å². The largest absolute Gasteiger partial charge is 0.494 e. The molecule has 2 amide bonds. The van der Waals surface area contributed by atoms with Crippen LogP contribution in [-0.4, -0.2) is 36.9 Å². The smallest absolute Gasteiger partial charge is 0.255 e. The Kier molecular flexibility index (Phi) is 9.61. The maximum atomic E-state index is 12.9. The predicted molar refractivity (Wildman–Crippen MR) is 134 cm³/mol. The molecule has 0 heterocycles. The molecule has 0 saturated heterocycles. The highest BCUT2D eigenvalue weighted by Crippen LogP contribution is 2.26. The molecule has 1 aliphatic carbocycles. The highest BCUT2D eigenvalue weighted by atomic mass is 35.5. The summed E-state index contributed by atoms with van der Waals surface area (Å²) in [6.07, 6.45) is 9.47. The maximum Gasteiger partial charge on any atom is 0.255 e. The third-order valence-corrected chi connectivity index (χ3v) is 6.51. The van der Waals surface area contributed by atoms with Crippen molar-refractivity contribution in [1.29, 1.82) is 0 Å². The van der Waals surface area contributed by atoms with Gasteiger partial charge in [0, 0.05) is 24.8 Å². The lowest BCUT2D eigenvalue weighted by Crippen LogP contribution is -2.32. The van der Waals surface area contributed by atoms with Gasteiger partial charge >= 0.3 is 0 Å². The Balaban J connectivity index is 1.55. The Morgan fingerprint density at radius 3 is 2.45 bits per heavy atom. The molecule has 0 bridgehead atoms. The van der Waals surface area contributed by atoms with Gasteiger partial charge in [0.05, 0.1) is 17.2 Å². The van der Waals surface area contributed by atoms with Crippen molar-refractivity contribution >= 4 is 29.1 Å². The van der Waals surface area contributed by atoms with Crippen molar-refractivity contribution in [2.75, 3.05) is 25.5 Å². The van der Waals surface area contributed by atoms with E-state index in [1.54, 1.807) is 47.4 Å². The fourth-order valence-electron chi connectivity index (χ4n) is 4.26. The number of nitrogens with zero attached hydrogens (tertiary/aromatic N) is 1. The van der Waals surface area contributed by atoms with Crippen molar-refractivity contribution in [2.45, 2.75) is 58.3 Å². The molecule has 2 aromatic rings. The first-order valence-electron chi connectivity index (χ1n) is 12.1. The number of rotatable bonds is 10. The molecule has 1 aliphatic rings.